The zero-order chi connectivity index (χ0) is 24.4. The van der Waals surface area contributed by atoms with Crippen LogP contribution >= 0.6 is 0 Å². The number of rotatable bonds is 5. The largest absolute Gasteiger partial charge is 0.481 e. The summed E-state index contributed by atoms with van der Waals surface area (Å²) in [4.78, 5) is 20.9. The van der Waals surface area contributed by atoms with Crippen LogP contribution in [0.2, 0.25) is 0 Å². The van der Waals surface area contributed by atoms with E-state index in [1.54, 1.807) is 13.1 Å². The fourth-order valence-corrected chi connectivity index (χ4v) is 3.62. The number of methoxy groups -OCH3 is 1. The molecule has 0 radical (unpaired) electrons. The van der Waals surface area contributed by atoms with Crippen LogP contribution in [0.4, 0.5) is 32.3 Å². The molecule has 0 saturated heterocycles. The number of aromatic nitrogens is 2. The Labute approximate surface area is 185 Å². The molecule has 12 heteroatoms. The molecule has 6 nitrogen and oxygen atoms in total. The van der Waals surface area contributed by atoms with Crippen molar-refractivity contribution in [2.75, 3.05) is 12.4 Å². The molecule has 1 aromatic heterocycles. The summed E-state index contributed by atoms with van der Waals surface area (Å²) in [5, 5.41) is 5.72. The van der Waals surface area contributed by atoms with Crippen molar-refractivity contribution in [1.29, 1.82) is 0 Å². The van der Waals surface area contributed by atoms with E-state index in [0.29, 0.717) is 49.6 Å². The number of halogens is 6. The molecule has 2 aromatic rings. The molecule has 0 aliphatic heterocycles. The summed E-state index contributed by atoms with van der Waals surface area (Å²) < 4.78 is 83.3. The number of carbonyl (C=O) groups excluding carboxylic acids is 1. The zero-order valence-corrected chi connectivity index (χ0v) is 17.8. The third kappa shape index (κ3) is 6.26. The molecule has 1 aliphatic rings. The Morgan fingerprint density at radius 3 is 2.03 bits per heavy atom. The number of aryl methyl sites for hydroxylation is 1. The summed E-state index contributed by atoms with van der Waals surface area (Å²) in [6.07, 6.45) is -6.25. The van der Waals surface area contributed by atoms with Gasteiger partial charge in [-0.15, -0.1) is 0 Å². The summed E-state index contributed by atoms with van der Waals surface area (Å²) in [7, 11) is 1.50. The van der Waals surface area contributed by atoms with Crippen LogP contribution in [0.15, 0.2) is 24.4 Å². The summed E-state index contributed by atoms with van der Waals surface area (Å²) in [5.74, 6) is -0.157. The Balaban J connectivity index is 1.63. The maximum absolute atomic E-state index is 13.0. The first kappa shape index (κ1) is 24.6. The van der Waals surface area contributed by atoms with Gasteiger partial charge < -0.3 is 15.4 Å². The molecule has 1 heterocycles. The third-order valence-corrected chi connectivity index (χ3v) is 5.36. The lowest BCUT2D eigenvalue weighted by atomic mass is 9.91. The van der Waals surface area contributed by atoms with Crippen molar-refractivity contribution in [3.05, 3.63) is 46.6 Å². The van der Waals surface area contributed by atoms with Crippen molar-refractivity contribution < 1.29 is 35.9 Å². The first-order chi connectivity index (χ1) is 15.4. The van der Waals surface area contributed by atoms with E-state index in [1.807, 2.05) is 0 Å². The van der Waals surface area contributed by atoms with Gasteiger partial charge in [0.15, 0.2) is 0 Å². The summed E-state index contributed by atoms with van der Waals surface area (Å²) >= 11 is 0. The number of anilines is 1. The molecule has 1 amide bonds. The minimum absolute atomic E-state index is 0.00375. The van der Waals surface area contributed by atoms with Crippen molar-refractivity contribution in [2.45, 2.75) is 57.0 Å². The normalized spacial score (nSPS) is 19.2. The van der Waals surface area contributed by atoms with Crippen molar-refractivity contribution in [2.24, 2.45) is 0 Å². The highest BCUT2D eigenvalue weighted by Gasteiger charge is 2.37. The molecular weight excluding hydrogens is 454 g/mol. The molecule has 0 unspecified atom stereocenters. The standard InChI is InChI=1S/C21H22F6N4O2/c1-11-10-28-19(31-18(11)33-2)30-16-5-3-15(4-6-16)29-17(32)12-7-13(20(22,23)24)9-14(8-12)21(25,26)27/h7-10,15-16H,3-6H2,1-2H3,(H,29,32)(H,28,30,31)/t15-,16+. The maximum atomic E-state index is 13.0. The quantitative estimate of drug-likeness (QED) is 0.595. The van der Waals surface area contributed by atoms with Crippen molar-refractivity contribution in [3.63, 3.8) is 0 Å². The van der Waals surface area contributed by atoms with Crippen LogP contribution in [0.5, 0.6) is 5.88 Å². The SMILES string of the molecule is COc1nc(N[C@H]2CC[C@@H](NC(=O)c3cc(C(F)(F)F)cc(C(F)(F)F)c3)CC2)ncc1C. The predicted molar refractivity (Wildman–Crippen MR) is 107 cm³/mol. The van der Waals surface area contributed by atoms with Gasteiger partial charge in [0.25, 0.3) is 5.91 Å². The molecule has 1 saturated carbocycles. The van der Waals surface area contributed by atoms with Gasteiger partial charge in [0.05, 0.1) is 18.2 Å². The van der Waals surface area contributed by atoms with E-state index in [2.05, 4.69) is 20.6 Å². The van der Waals surface area contributed by atoms with Crippen LogP contribution in [0.25, 0.3) is 0 Å². The lowest BCUT2D eigenvalue weighted by molar-refractivity contribution is -0.143. The fourth-order valence-electron chi connectivity index (χ4n) is 3.62. The topological polar surface area (TPSA) is 76.1 Å². The maximum Gasteiger partial charge on any atom is 0.416 e. The average molecular weight is 476 g/mol. The van der Waals surface area contributed by atoms with Gasteiger partial charge in [-0.1, -0.05) is 0 Å². The van der Waals surface area contributed by atoms with Crippen LogP contribution in [-0.4, -0.2) is 35.1 Å². The second kappa shape index (κ2) is 9.44. The molecule has 0 atom stereocenters. The van der Waals surface area contributed by atoms with Gasteiger partial charge in [-0.2, -0.15) is 31.3 Å². The van der Waals surface area contributed by atoms with Gasteiger partial charge in [-0.3, -0.25) is 4.79 Å². The molecule has 1 aliphatic carbocycles. The molecule has 1 fully saturated rings. The monoisotopic (exact) mass is 476 g/mol. The molecule has 33 heavy (non-hydrogen) atoms. The molecule has 3 rings (SSSR count). The fraction of sp³-hybridized carbons (Fsp3) is 0.476. The number of nitrogens with zero attached hydrogens (tertiary/aromatic N) is 2. The number of hydrogen-bond donors (Lipinski definition) is 2. The number of nitrogens with one attached hydrogen (secondary N) is 2. The molecule has 0 spiro atoms. The molecule has 0 bridgehead atoms. The summed E-state index contributed by atoms with van der Waals surface area (Å²) in [6, 6.07) is 0.471. The Bertz CT molecular complexity index is 969. The predicted octanol–water partition coefficient (Wildman–Crippen LogP) is 4.98. The van der Waals surface area contributed by atoms with Gasteiger partial charge in [0, 0.05) is 29.4 Å². The Hall–Kier alpha value is -3.05. The molecule has 2 N–H and O–H groups in total. The van der Waals surface area contributed by atoms with Crippen LogP contribution in [0.1, 0.15) is 52.7 Å². The van der Waals surface area contributed by atoms with E-state index in [1.165, 1.54) is 7.11 Å². The highest BCUT2D eigenvalue weighted by atomic mass is 19.4. The number of carbonyl (C=O) groups is 1. The van der Waals surface area contributed by atoms with Crippen molar-refractivity contribution in [1.82, 2.24) is 15.3 Å². The number of ether oxygens (including phenoxy) is 1. The van der Waals surface area contributed by atoms with Gasteiger partial charge in [0.1, 0.15) is 0 Å². The van der Waals surface area contributed by atoms with Crippen LogP contribution in [0, 0.1) is 6.92 Å². The zero-order valence-electron chi connectivity index (χ0n) is 17.8. The third-order valence-electron chi connectivity index (χ3n) is 5.36. The molecule has 1 aromatic carbocycles. The van der Waals surface area contributed by atoms with Gasteiger partial charge in [-0.05, 0) is 50.8 Å². The highest BCUT2D eigenvalue weighted by molar-refractivity contribution is 5.94. The minimum Gasteiger partial charge on any atom is -0.481 e. The Morgan fingerprint density at radius 2 is 1.52 bits per heavy atom. The van der Waals surface area contributed by atoms with Crippen LogP contribution in [0.3, 0.4) is 0 Å². The van der Waals surface area contributed by atoms with Crippen molar-refractivity contribution >= 4 is 11.9 Å². The number of benzene rings is 1. The second-order valence-corrected chi connectivity index (χ2v) is 7.85. The van der Waals surface area contributed by atoms with E-state index < -0.39 is 35.0 Å². The van der Waals surface area contributed by atoms with E-state index in [9.17, 15) is 31.1 Å². The van der Waals surface area contributed by atoms with E-state index >= 15 is 0 Å². The second-order valence-electron chi connectivity index (χ2n) is 7.85. The lowest BCUT2D eigenvalue weighted by Crippen LogP contribution is -2.40. The molecule has 180 valence electrons. The Kier molecular flexibility index (Phi) is 7.03. The highest BCUT2D eigenvalue weighted by Crippen LogP contribution is 2.36. The smallest absolute Gasteiger partial charge is 0.416 e. The van der Waals surface area contributed by atoms with E-state index in [0.717, 1.165) is 5.56 Å². The first-order valence-electron chi connectivity index (χ1n) is 10.1. The van der Waals surface area contributed by atoms with Gasteiger partial charge in [0.2, 0.25) is 11.8 Å². The summed E-state index contributed by atoms with van der Waals surface area (Å²) in [5.41, 5.74) is -2.96. The van der Waals surface area contributed by atoms with Crippen LogP contribution < -0.4 is 15.4 Å². The lowest BCUT2D eigenvalue weighted by Gasteiger charge is -2.29. The van der Waals surface area contributed by atoms with E-state index in [-0.39, 0.29) is 18.2 Å². The van der Waals surface area contributed by atoms with E-state index in [4.69, 9.17) is 4.74 Å². The van der Waals surface area contributed by atoms with Gasteiger partial charge in [-0.25, -0.2) is 4.98 Å². The number of alkyl halides is 6. The Morgan fingerprint density at radius 1 is 0.970 bits per heavy atom. The number of hydrogen-bond acceptors (Lipinski definition) is 5. The minimum atomic E-state index is -5.01. The van der Waals surface area contributed by atoms with Crippen molar-refractivity contribution in [3.8, 4) is 5.88 Å². The van der Waals surface area contributed by atoms with Gasteiger partial charge >= 0.3 is 12.4 Å². The summed E-state index contributed by atoms with van der Waals surface area (Å²) in [6.45, 7) is 1.80. The first-order valence-corrected chi connectivity index (χ1v) is 10.1. The van der Waals surface area contributed by atoms with Crippen LogP contribution in [-0.2, 0) is 12.4 Å². The number of amides is 1. The molecular formula is C21H22F6N4O2. The average Bonchev–Trinajstić information content (AvgIpc) is 2.75.